The highest BCUT2D eigenvalue weighted by atomic mass is 32.2. The Morgan fingerprint density at radius 1 is 1.33 bits per heavy atom. The van der Waals surface area contributed by atoms with E-state index in [9.17, 15) is 8.42 Å². The highest BCUT2D eigenvalue weighted by Crippen LogP contribution is 2.33. The van der Waals surface area contributed by atoms with E-state index in [4.69, 9.17) is 0 Å². The van der Waals surface area contributed by atoms with Crippen molar-refractivity contribution in [2.45, 2.75) is 38.0 Å². The Bertz CT molecular complexity index is 519. The molecule has 1 aliphatic carbocycles. The zero-order valence-electron chi connectivity index (χ0n) is 10.8. The summed E-state index contributed by atoms with van der Waals surface area (Å²) in [5, 5.41) is -0.111. The number of rotatable bonds is 2. The molecule has 0 aromatic carbocycles. The number of piperazine rings is 1. The summed E-state index contributed by atoms with van der Waals surface area (Å²) in [5.74, 6) is 0. The minimum atomic E-state index is -3.05. The molecule has 6 heteroatoms. The summed E-state index contributed by atoms with van der Waals surface area (Å²) in [6, 6.07) is 0.167. The van der Waals surface area contributed by atoms with Gasteiger partial charge in [0.2, 0.25) is 10.0 Å². The van der Waals surface area contributed by atoms with Gasteiger partial charge in [-0.2, -0.15) is 4.31 Å². The van der Waals surface area contributed by atoms with Crippen molar-refractivity contribution in [3.05, 3.63) is 11.3 Å². The zero-order chi connectivity index (χ0) is 12.9. The molecule has 3 rings (SSSR count). The highest BCUT2D eigenvalue weighted by molar-refractivity contribution is 7.90. The van der Waals surface area contributed by atoms with Crippen LogP contribution in [0.15, 0.2) is 16.3 Å². The predicted molar refractivity (Wildman–Crippen MR) is 70.9 cm³/mol. The Labute approximate surface area is 108 Å². The Balaban J connectivity index is 1.86. The number of hydrogen-bond donors (Lipinski definition) is 0. The second kappa shape index (κ2) is 4.06. The lowest BCUT2D eigenvalue weighted by Gasteiger charge is -2.39. The smallest absolute Gasteiger partial charge is 0.217 e. The summed E-state index contributed by atoms with van der Waals surface area (Å²) in [4.78, 5) is 6.50. The molecule has 0 aromatic heterocycles. The van der Waals surface area contributed by atoms with Gasteiger partial charge in [-0.1, -0.05) is 0 Å². The summed E-state index contributed by atoms with van der Waals surface area (Å²) in [6.45, 7) is 5.91. The van der Waals surface area contributed by atoms with Crippen LogP contribution in [0.4, 0.5) is 0 Å². The van der Waals surface area contributed by atoms with Gasteiger partial charge in [0.15, 0.2) is 0 Å². The van der Waals surface area contributed by atoms with Crippen molar-refractivity contribution in [1.82, 2.24) is 9.21 Å². The van der Waals surface area contributed by atoms with Crippen molar-refractivity contribution in [3.63, 3.8) is 0 Å². The van der Waals surface area contributed by atoms with Crippen molar-refractivity contribution in [3.8, 4) is 0 Å². The lowest BCUT2D eigenvalue weighted by atomic mass is 10.1. The van der Waals surface area contributed by atoms with E-state index >= 15 is 0 Å². The van der Waals surface area contributed by atoms with Gasteiger partial charge in [-0.05, 0) is 32.3 Å². The van der Waals surface area contributed by atoms with Crippen LogP contribution in [-0.2, 0) is 10.0 Å². The molecule has 3 aliphatic rings. The number of hydrogen-bond acceptors (Lipinski definition) is 4. The van der Waals surface area contributed by atoms with Gasteiger partial charge in [-0.3, -0.25) is 4.99 Å². The SMILES string of the molecule is CC1=C2CN(S(=O)(=O)C3CC3)CCN2C=NC1C. The molecule has 0 radical (unpaired) electrons. The van der Waals surface area contributed by atoms with Crippen LogP contribution in [0.25, 0.3) is 0 Å². The number of fused-ring (bicyclic) bond motifs is 1. The average Bonchev–Trinajstić information content (AvgIpc) is 3.18. The van der Waals surface area contributed by atoms with Crippen molar-refractivity contribution < 1.29 is 8.42 Å². The van der Waals surface area contributed by atoms with E-state index < -0.39 is 10.0 Å². The molecule has 0 amide bonds. The lowest BCUT2D eigenvalue weighted by Crippen LogP contribution is -2.49. The van der Waals surface area contributed by atoms with E-state index in [1.54, 1.807) is 4.31 Å². The molecular weight excluding hydrogens is 250 g/mol. The van der Waals surface area contributed by atoms with Crippen LogP contribution in [0.5, 0.6) is 0 Å². The van der Waals surface area contributed by atoms with Gasteiger partial charge in [0.05, 0.1) is 24.2 Å². The Kier molecular flexibility index (Phi) is 2.75. The van der Waals surface area contributed by atoms with Gasteiger partial charge in [-0.25, -0.2) is 8.42 Å². The first-order chi connectivity index (χ1) is 8.50. The van der Waals surface area contributed by atoms with Gasteiger partial charge in [0.25, 0.3) is 0 Å². The molecule has 2 heterocycles. The molecule has 18 heavy (non-hydrogen) atoms. The van der Waals surface area contributed by atoms with E-state index in [0.29, 0.717) is 13.1 Å². The van der Waals surface area contributed by atoms with Crippen molar-refractivity contribution in [2.24, 2.45) is 4.99 Å². The third-order valence-electron chi connectivity index (χ3n) is 4.08. The number of aliphatic imine (C=N–C) groups is 1. The maximum atomic E-state index is 12.3. The fourth-order valence-corrected chi connectivity index (χ4v) is 4.29. The molecule has 2 aliphatic heterocycles. The number of nitrogens with zero attached hydrogens (tertiary/aromatic N) is 3. The molecular formula is C12H19N3O2S. The summed E-state index contributed by atoms with van der Waals surface area (Å²) in [6.07, 6.45) is 3.52. The summed E-state index contributed by atoms with van der Waals surface area (Å²) in [5.41, 5.74) is 2.31. The molecule has 0 N–H and O–H groups in total. The molecule has 1 saturated carbocycles. The Morgan fingerprint density at radius 2 is 2.06 bits per heavy atom. The largest absolute Gasteiger partial charge is 0.334 e. The standard InChI is InChI=1S/C12H19N3O2S/c1-9-10(2)13-8-14-5-6-15(7-12(9)14)18(16,17)11-3-4-11/h8,10-11H,3-7H2,1-2H3. The fourth-order valence-electron chi connectivity index (χ4n) is 2.50. The topological polar surface area (TPSA) is 53.0 Å². The zero-order valence-corrected chi connectivity index (χ0v) is 11.7. The van der Waals surface area contributed by atoms with Gasteiger partial charge in [-0.15, -0.1) is 0 Å². The molecule has 0 bridgehead atoms. The normalized spacial score (nSPS) is 29.7. The molecule has 1 atom stereocenters. The molecule has 1 unspecified atom stereocenters. The van der Waals surface area contributed by atoms with E-state index in [-0.39, 0.29) is 11.3 Å². The summed E-state index contributed by atoms with van der Waals surface area (Å²) >= 11 is 0. The van der Waals surface area contributed by atoms with Gasteiger partial charge in [0.1, 0.15) is 0 Å². The van der Waals surface area contributed by atoms with Crippen LogP contribution in [0.3, 0.4) is 0 Å². The summed E-state index contributed by atoms with van der Waals surface area (Å²) < 4.78 is 26.2. The molecule has 0 spiro atoms. The fraction of sp³-hybridized carbons (Fsp3) is 0.750. The van der Waals surface area contributed by atoms with Crippen LogP contribution < -0.4 is 0 Å². The van der Waals surface area contributed by atoms with Crippen LogP contribution in [0, 0.1) is 0 Å². The van der Waals surface area contributed by atoms with Crippen molar-refractivity contribution in [2.75, 3.05) is 19.6 Å². The average molecular weight is 269 g/mol. The third kappa shape index (κ3) is 1.87. The van der Waals surface area contributed by atoms with E-state index in [1.807, 2.05) is 13.3 Å². The Hall–Kier alpha value is -0.880. The molecule has 1 saturated heterocycles. The molecule has 100 valence electrons. The number of sulfonamides is 1. The van der Waals surface area contributed by atoms with Gasteiger partial charge >= 0.3 is 0 Å². The molecule has 2 fully saturated rings. The maximum Gasteiger partial charge on any atom is 0.217 e. The first-order valence-corrected chi connectivity index (χ1v) is 7.99. The molecule has 5 nitrogen and oxygen atoms in total. The van der Waals surface area contributed by atoms with Gasteiger partial charge < -0.3 is 4.90 Å². The predicted octanol–water partition coefficient (Wildman–Crippen LogP) is 0.801. The van der Waals surface area contributed by atoms with E-state index in [0.717, 1.165) is 25.1 Å². The second-order valence-electron chi connectivity index (χ2n) is 5.34. The quantitative estimate of drug-likeness (QED) is 0.745. The van der Waals surface area contributed by atoms with E-state index in [1.165, 1.54) is 5.57 Å². The third-order valence-corrected chi connectivity index (χ3v) is 6.43. The monoisotopic (exact) mass is 269 g/mol. The van der Waals surface area contributed by atoms with Gasteiger partial charge in [0, 0.05) is 18.8 Å². The first-order valence-electron chi connectivity index (χ1n) is 6.48. The van der Waals surface area contributed by atoms with Crippen molar-refractivity contribution >= 4 is 16.4 Å². The van der Waals surface area contributed by atoms with Crippen LogP contribution >= 0.6 is 0 Å². The minimum absolute atomic E-state index is 0.111. The minimum Gasteiger partial charge on any atom is -0.334 e. The lowest BCUT2D eigenvalue weighted by molar-refractivity contribution is 0.312. The molecule has 0 aromatic rings. The van der Waals surface area contributed by atoms with E-state index in [2.05, 4.69) is 16.8 Å². The van der Waals surface area contributed by atoms with Crippen LogP contribution in [0.1, 0.15) is 26.7 Å². The first kappa shape index (κ1) is 12.2. The maximum absolute atomic E-state index is 12.3. The Morgan fingerprint density at radius 3 is 2.72 bits per heavy atom. The van der Waals surface area contributed by atoms with Crippen molar-refractivity contribution in [1.29, 1.82) is 0 Å². The van der Waals surface area contributed by atoms with Crippen LogP contribution in [0.2, 0.25) is 0 Å². The summed E-state index contributed by atoms with van der Waals surface area (Å²) in [7, 11) is -3.05. The second-order valence-corrected chi connectivity index (χ2v) is 7.55. The van der Waals surface area contributed by atoms with Crippen LogP contribution in [-0.4, -0.2) is 54.9 Å². The highest BCUT2D eigenvalue weighted by Gasteiger charge is 2.42.